The highest BCUT2D eigenvalue weighted by molar-refractivity contribution is 6.04. The fourth-order valence-electron chi connectivity index (χ4n) is 3.18. The Morgan fingerprint density at radius 2 is 1.93 bits per heavy atom. The van der Waals surface area contributed by atoms with Crippen molar-refractivity contribution in [1.82, 2.24) is 0 Å². The number of para-hydroxylation sites is 2. The zero-order valence-electron chi connectivity index (χ0n) is 17.4. The number of carbonyl (C=O) groups is 3. The SMILES string of the molecule is CCCOc1ccccc1NC(=O)CCC(=O)c1ccc2c(c1)N(C)C(=O)C(C)O2. The molecule has 1 aliphatic rings. The summed E-state index contributed by atoms with van der Waals surface area (Å²) >= 11 is 0. The minimum absolute atomic E-state index is 0.0420. The number of fused-ring (bicyclic) bond motifs is 1. The lowest BCUT2D eigenvalue weighted by Crippen LogP contribution is -2.42. The van der Waals surface area contributed by atoms with Crippen LogP contribution >= 0.6 is 0 Å². The molecule has 1 N–H and O–H groups in total. The molecule has 0 aliphatic carbocycles. The number of amides is 2. The molecule has 0 bridgehead atoms. The molecule has 158 valence electrons. The number of nitrogens with one attached hydrogen (secondary N) is 1. The van der Waals surface area contributed by atoms with Gasteiger partial charge in [0, 0.05) is 25.5 Å². The Hall–Kier alpha value is -3.35. The monoisotopic (exact) mass is 410 g/mol. The third-order valence-corrected chi connectivity index (χ3v) is 4.83. The summed E-state index contributed by atoms with van der Waals surface area (Å²) in [7, 11) is 1.65. The minimum Gasteiger partial charge on any atom is -0.491 e. The molecule has 1 aliphatic heterocycles. The quantitative estimate of drug-likeness (QED) is 0.669. The fourth-order valence-corrected chi connectivity index (χ4v) is 3.18. The molecule has 0 spiro atoms. The van der Waals surface area contributed by atoms with Gasteiger partial charge in [-0.15, -0.1) is 0 Å². The first-order chi connectivity index (χ1) is 14.4. The molecule has 7 nitrogen and oxygen atoms in total. The van der Waals surface area contributed by atoms with Gasteiger partial charge in [0.2, 0.25) is 5.91 Å². The summed E-state index contributed by atoms with van der Waals surface area (Å²) in [5.74, 6) is 0.551. The Bertz CT molecular complexity index is 956. The Morgan fingerprint density at radius 3 is 2.70 bits per heavy atom. The van der Waals surface area contributed by atoms with Gasteiger partial charge >= 0.3 is 0 Å². The molecule has 0 aromatic heterocycles. The number of nitrogens with zero attached hydrogens (tertiary/aromatic N) is 1. The minimum atomic E-state index is -0.558. The lowest BCUT2D eigenvalue weighted by molar-refractivity contribution is -0.125. The van der Waals surface area contributed by atoms with Crippen LogP contribution in [-0.4, -0.2) is 37.4 Å². The molecule has 30 heavy (non-hydrogen) atoms. The smallest absolute Gasteiger partial charge is 0.267 e. The zero-order chi connectivity index (χ0) is 21.7. The highest BCUT2D eigenvalue weighted by Crippen LogP contribution is 2.34. The predicted molar refractivity (Wildman–Crippen MR) is 114 cm³/mol. The van der Waals surface area contributed by atoms with E-state index in [0.29, 0.717) is 35.0 Å². The summed E-state index contributed by atoms with van der Waals surface area (Å²) in [5, 5.41) is 2.80. The van der Waals surface area contributed by atoms with Crippen LogP contribution in [0.5, 0.6) is 11.5 Å². The number of ketones is 1. The van der Waals surface area contributed by atoms with E-state index in [-0.39, 0.29) is 30.4 Å². The van der Waals surface area contributed by atoms with Crippen molar-refractivity contribution in [2.24, 2.45) is 0 Å². The molecule has 0 radical (unpaired) electrons. The lowest BCUT2D eigenvalue weighted by atomic mass is 10.0. The van der Waals surface area contributed by atoms with Crippen molar-refractivity contribution in [2.75, 3.05) is 23.9 Å². The third kappa shape index (κ3) is 4.79. The van der Waals surface area contributed by atoms with Gasteiger partial charge in [-0.25, -0.2) is 0 Å². The van der Waals surface area contributed by atoms with Crippen LogP contribution in [0.4, 0.5) is 11.4 Å². The third-order valence-electron chi connectivity index (χ3n) is 4.83. The van der Waals surface area contributed by atoms with Crippen LogP contribution in [0.1, 0.15) is 43.5 Å². The van der Waals surface area contributed by atoms with Gasteiger partial charge in [-0.2, -0.15) is 0 Å². The molecular weight excluding hydrogens is 384 g/mol. The number of rotatable bonds is 8. The van der Waals surface area contributed by atoms with Crippen LogP contribution in [0, 0.1) is 0 Å². The Labute approximate surface area is 176 Å². The van der Waals surface area contributed by atoms with Gasteiger partial charge in [0.1, 0.15) is 11.5 Å². The Morgan fingerprint density at radius 1 is 1.17 bits per heavy atom. The van der Waals surface area contributed by atoms with Gasteiger partial charge in [-0.1, -0.05) is 19.1 Å². The highest BCUT2D eigenvalue weighted by atomic mass is 16.5. The molecule has 3 rings (SSSR count). The Kier molecular flexibility index (Phi) is 6.72. The molecule has 0 saturated carbocycles. The van der Waals surface area contributed by atoms with E-state index in [1.54, 1.807) is 44.3 Å². The number of carbonyl (C=O) groups excluding carboxylic acids is 3. The molecule has 0 saturated heterocycles. The molecule has 0 fully saturated rings. The fraction of sp³-hybridized carbons (Fsp3) is 0.348. The normalized spacial score (nSPS) is 15.2. The van der Waals surface area contributed by atoms with Crippen molar-refractivity contribution in [2.45, 2.75) is 39.2 Å². The number of benzene rings is 2. The molecule has 1 unspecified atom stereocenters. The summed E-state index contributed by atoms with van der Waals surface area (Å²) in [6, 6.07) is 12.2. The maximum absolute atomic E-state index is 12.6. The van der Waals surface area contributed by atoms with Crippen molar-refractivity contribution < 1.29 is 23.9 Å². The summed E-state index contributed by atoms with van der Waals surface area (Å²) in [4.78, 5) is 38.5. The van der Waals surface area contributed by atoms with E-state index < -0.39 is 6.10 Å². The van der Waals surface area contributed by atoms with Crippen LogP contribution in [0.15, 0.2) is 42.5 Å². The van der Waals surface area contributed by atoms with E-state index in [0.717, 1.165) is 6.42 Å². The second-order valence-corrected chi connectivity index (χ2v) is 7.16. The molecule has 2 amide bonds. The lowest BCUT2D eigenvalue weighted by Gasteiger charge is -2.30. The predicted octanol–water partition coefficient (Wildman–Crippen LogP) is 3.82. The number of hydrogen-bond acceptors (Lipinski definition) is 5. The van der Waals surface area contributed by atoms with Crippen LogP contribution in [0.2, 0.25) is 0 Å². The number of Topliss-reactive ketones (excluding diaryl/α,β-unsaturated/α-hetero) is 1. The average molecular weight is 410 g/mol. The first-order valence-corrected chi connectivity index (χ1v) is 10.0. The molecular formula is C23H26N2O5. The summed E-state index contributed by atoms with van der Waals surface area (Å²) < 4.78 is 11.2. The van der Waals surface area contributed by atoms with Gasteiger partial charge in [0.15, 0.2) is 11.9 Å². The van der Waals surface area contributed by atoms with Gasteiger partial charge in [0.25, 0.3) is 5.91 Å². The summed E-state index contributed by atoms with van der Waals surface area (Å²) in [6.45, 7) is 4.25. The van der Waals surface area contributed by atoms with Crippen molar-refractivity contribution in [3.05, 3.63) is 48.0 Å². The number of anilines is 2. The van der Waals surface area contributed by atoms with Gasteiger partial charge in [-0.05, 0) is 43.7 Å². The first-order valence-electron chi connectivity index (χ1n) is 10.0. The van der Waals surface area contributed by atoms with Crippen LogP contribution in [0.25, 0.3) is 0 Å². The van der Waals surface area contributed by atoms with Crippen LogP contribution < -0.4 is 19.7 Å². The topological polar surface area (TPSA) is 84.9 Å². The van der Waals surface area contributed by atoms with Gasteiger partial charge < -0.3 is 19.7 Å². The zero-order valence-corrected chi connectivity index (χ0v) is 17.4. The maximum Gasteiger partial charge on any atom is 0.267 e. The summed E-state index contributed by atoms with van der Waals surface area (Å²) in [5.41, 5.74) is 1.57. The molecule has 1 heterocycles. The molecule has 7 heteroatoms. The second-order valence-electron chi connectivity index (χ2n) is 7.16. The number of ether oxygens (including phenoxy) is 2. The number of likely N-dealkylation sites (N-methyl/N-ethyl adjacent to an activating group) is 1. The molecule has 2 aromatic rings. The molecule has 2 aromatic carbocycles. The average Bonchev–Trinajstić information content (AvgIpc) is 2.75. The van der Waals surface area contributed by atoms with E-state index in [9.17, 15) is 14.4 Å². The van der Waals surface area contributed by atoms with E-state index in [4.69, 9.17) is 9.47 Å². The first kappa shape index (κ1) is 21.4. The largest absolute Gasteiger partial charge is 0.491 e. The highest BCUT2D eigenvalue weighted by Gasteiger charge is 2.29. The number of hydrogen-bond donors (Lipinski definition) is 1. The van der Waals surface area contributed by atoms with Crippen LogP contribution in [-0.2, 0) is 9.59 Å². The van der Waals surface area contributed by atoms with Crippen LogP contribution in [0.3, 0.4) is 0 Å². The van der Waals surface area contributed by atoms with E-state index >= 15 is 0 Å². The van der Waals surface area contributed by atoms with Crippen molar-refractivity contribution in [1.29, 1.82) is 0 Å². The van der Waals surface area contributed by atoms with Gasteiger partial charge in [-0.3, -0.25) is 14.4 Å². The standard InChI is InChI=1S/C23H26N2O5/c1-4-13-29-20-8-6-5-7-17(20)24-22(27)12-10-19(26)16-9-11-21-18(14-16)25(3)23(28)15(2)30-21/h5-9,11,14-15H,4,10,12-13H2,1-3H3,(H,24,27). The second kappa shape index (κ2) is 9.43. The molecule has 1 atom stereocenters. The van der Waals surface area contributed by atoms with Crippen molar-refractivity contribution in [3.8, 4) is 11.5 Å². The van der Waals surface area contributed by atoms with E-state index in [1.807, 2.05) is 19.1 Å². The Balaban J connectivity index is 1.61. The van der Waals surface area contributed by atoms with E-state index in [2.05, 4.69) is 5.32 Å². The van der Waals surface area contributed by atoms with E-state index in [1.165, 1.54) is 4.90 Å². The maximum atomic E-state index is 12.6. The van der Waals surface area contributed by atoms with Gasteiger partial charge in [0.05, 0.1) is 18.0 Å². The van der Waals surface area contributed by atoms with Crippen molar-refractivity contribution in [3.63, 3.8) is 0 Å². The van der Waals surface area contributed by atoms with Crippen molar-refractivity contribution >= 4 is 29.0 Å². The summed E-state index contributed by atoms with van der Waals surface area (Å²) in [6.07, 6.45) is 0.400.